The molecule has 0 aliphatic carbocycles. The summed E-state index contributed by atoms with van der Waals surface area (Å²) >= 11 is 6.99. The highest BCUT2D eigenvalue weighted by atomic mass is 127. The third kappa shape index (κ3) is 2.14. The maximum Gasteiger partial charge on any atom is 0.182 e. The minimum absolute atomic E-state index is 0.0725. The number of hydrogen-bond acceptors (Lipinski definition) is 1. The minimum atomic E-state index is -0.763. The zero-order valence-electron chi connectivity index (χ0n) is 9.75. The molecule has 20 heavy (non-hydrogen) atoms. The van der Waals surface area contributed by atoms with E-state index in [2.05, 4.69) is 4.98 Å². The molecule has 0 saturated heterocycles. The lowest BCUT2D eigenvalue weighted by Crippen LogP contribution is -1.99. The molecule has 7 heteroatoms. The zero-order chi connectivity index (χ0) is 14.4. The van der Waals surface area contributed by atoms with Gasteiger partial charge in [0.15, 0.2) is 4.77 Å². The average molecular weight is 406 g/mol. The van der Waals surface area contributed by atoms with Crippen LogP contribution < -0.4 is 0 Å². The Morgan fingerprint density at radius 3 is 2.50 bits per heavy atom. The van der Waals surface area contributed by atoms with Crippen LogP contribution in [0.4, 0.5) is 13.2 Å². The van der Waals surface area contributed by atoms with Crippen molar-refractivity contribution in [3.8, 4) is 5.69 Å². The molecule has 0 radical (unpaired) electrons. The van der Waals surface area contributed by atoms with E-state index in [0.29, 0.717) is 14.6 Å². The van der Waals surface area contributed by atoms with Crippen molar-refractivity contribution in [1.82, 2.24) is 9.55 Å². The minimum Gasteiger partial charge on any atom is -0.330 e. The van der Waals surface area contributed by atoms with E-state index in [4.69, 9.17) is 12.2 Å². The molecule has 0 atom stereocenters. The van der Waals surface area contributed by atoms with Gasteiger partial charge in [-0.15, -0.1) is 0 Å². The maximum absolute atomic E-state index is 13.9. The van der Waals surface area contributed by atoms with E-state index in [1.165, 1.54) is 16.7 Å². The molecule has 2 aromatic carbocycles. The molecule has 0 bridgehead atoms. The number of nitrogens with zero attached hydrogens (tertiary/aromatic N) is 1. The van der Waals surface area contributed by atoms with Crippen LogP contribution in [-0.4, -0.2) is 9.55 Å². The second-order valence-corrected chi connectivity index (χ2v) is 5.69. The Bertz CT molecular complexity index is 885. The largest absolute Gasteiger partial charge is 0.330 e. The quantitative estimate of drug-likeness (QED) is 0.459. The van der Waals surface area contributed by atoms with Gasteiger partial charge in [0.2, 0.25) is 0 Å². The normalized spacial score (nSPS) is 11.2. The molecule has 3 aromatic rings. The summed E-state index contributed by atoms with van der Waals surface area (Å²) in [6.07, 6.45) is 0. The Labute approximate surface area is 130 Å². The van der Waals surface area contributed by atoms with Crippen LogP contribution in [0.15, 0.2) is 30.3 Å². The topological polar surface area (TPSA) is 20.7 Å². The van der Waals surface area contributed by atoms with Crippen LogP contribution in [0.2, 0.25) is 0 Å². The Morgan fingerprint density at radius 2 is 1.80 bits per heavy atom. The molecule has 1 aromatic heterocycles. The Morgan fingerprint density at radius 1 is 1.05 bits per heavy atom. The van der Waals surface area contributed by atoms with Crippen LogP contribution in [0.5, 0.6) is 0 Å². The number of imidazole rings is 1. The van der Waals surface area contributed by atoms with Gasteiger partial charge in [-0.05, 0) is 53.0 Å². The van der Waals surface area contributed by atoms with E-state index in [0.717, 1.165) is 12.1 Å². The Kier molecular flexibility index (Phi) is 3.33. The molecule has 0 aliphatic rings. The molecule has 3 rings (SSSR count). The molecule has 0 unspecified atom stereocenters. The van der Waals surface area contributed by atoms with Crippen molar-refractivity contribution in [2.24, 2.45) is 0 Å². The number of hydrogen-bond donors (Lipinski definition) is 1. The van der Waals surface area contributed by atoms with Gasteiger partial charge in [-0.3, -0.25) is 4.57 Å². The average Bonchev–Trinajstić information content (AvgIpc) is 2.66. The second-order valence-electron chi connectivity index (χ2n) is 4.14. The summed E-state index contributed by atoms with van der Waals surface area (Å²) in [7, 11) is 0. The number of fused-ring (bicyclic) bond motifs is 1. The molecule has 0 saturated carbocycles. The standard InChI is InChI=1S/C13H6F3IN2S/c14-6-1-2-11(8(16)3-6)19-12-4-7(15)9(17)5-10(12)18-13(19)20/h1-5H,(H,18,20). The third-order valence-corrected chi connectivity index (χ3v) is 3.99. The molecular weight excluding hydrogens is 400 g/mol. The summed E-state index contributed by atoms with van der Waals surface area (Å²) in [6.45, 7) is 0. The van der Waals surface area contributed by atoms with Crippen LogP contribution in [-0.2, 0) is 0 Å². The van der Waals surface area contributed by atoms with Crippen molar-refractivity contribution in [2.75, 3.05) is 0 Å². The maximum atomic E-state index is 13.9. The predicted molar refractivity (Wildman–Crippen MR) is 81.1 cm³/mol. The SMILES string of the molecule is Fc1ccc(-n2c(=S)[nH]c3cc(I)c(F)cc32)c(F)c1. The fraction of sp³-hybridized carbons (Fsp3) is 0. The van der Waals surface area contributed by atoms with Crippen LogP contribution in [0.25, 0.3) is 16.7 Å². The van der Waals surface area contributed by atoms with Gasteiger partial charge in [-0.1, -0.05) is 0 Å². The first-order valence-corrected chi connectivity index (χ1v) is 7.01. The highest BCUT2D eigenvalue weighted by Crippen LogP contribution is 2.25. The zero-order valence-corrected chi connectivity index (χ0v) is 12.7. The summed E-state index contributed by atoms with van der Waals surface area (Å²) in [4.78, 5) is 2.88. The van der Waals surface area contributed by atoms with Crippen molar-refractivity contribution in [3.05, 3.63) is 56.1 Å². The molecule has 0 spiro atoms. The molecular formula is C13H6F3IN2S. The van der Waals surface area contributed by atoms with Gasteiger partial charge >= 0.3 is 0 Å². The van der Waals surface area contributed by atoms with E-state index in [1.54, 1.807) is 6.07 Å². The summed E-state index contributed by atoms with van der Waals surface area (Å²) in [5.74, 6) is -1.87. The molecule has 0 aliphatic heterocycles. The van der Waals surface area contributed by atoms with E-state index in [-0.39, 0.29) is 10.5 Å². The monoisotopic (exact) mass is 406 g/mol. The lowest BCUT2D eigenvalue weighted by atomic mass is 10.2. The number of halogens is 4. The number of benzene rings is 2. The lowest BCUT2D eigenvalue weighted by Gasteiger charge is -2.06. The van der Waals surface area contributed by atoms with Crippen molar-refractivity contribution in [1.29, 1.82) is 0 Å². The fourth-order valence-electron chi connectivity index (χ4n) is 2.00. The number of aromatic amines is 1. The number of rotatable bonds is 1. The fourth-order valence-corrected chi connectivity index (χ4v) is 2.78. The van der Waals surface area contributed by atoms with Gasteiger partial charge in [-0.2, -0.15) is 0 Å². The van der Waals surface area contributed by atoms with Crippen LogP contribution in [0, 0.1) is 25.8 Å². The Hall–Kier alpha value is -1.35. The number of H-pyrrole nitrogens is 1. The lowest BCUT2D eigenvalue weighted by molar-refractivity contribution is 0.578. The first-order valence-electron chi connectivity index (χ1n) is 5.52. The van der Waals surface area contributed by atoms with Crippen LogP contribution in [0.3, 0.4) is 0 Å². The van der Waals surface area contributed by atoms with Gasteiger partial charge in [-0.25, -0.2) is 13.2 Å². The summed E-state index contributed by atoms with van der Waals surface area (Å²) in [5.41, 5.74) is 1.06. The van der Waals surface area contributed by atoms with Crippen molar-refractivity contribution in [2.45, 2.75) is 0 Å². The number of aromatic nitrogens is 2. The van der Waals surface area contributed by atoms with Gasteiger partial charge < -0.3 is 4.98 Å². The van der Waals surface area contributed by atoms with Crippen LogP contribution >= 0.6 is 34.8 Å². The summed E-state index contributed by atoms with van der Waals surface area (Å²) in [6, 6.07) is 6.01. The van der Waals surface area contributed by atoms with Gasteiger partial charge in [0, 0.05) is 12.1 Å². The van der Waals surface area contributed by atoms with Crippen molar-refractivity contribution >= 4 is 45.8 Å². The van der Waals surface area contributed by atoms with Crippen molar-refractivity contribution in [3.63, 3.8) is 0 Å². The summed E-state index contributed by atoms with van der Waals surface area (Å²) < 4.78 is 42.5. The highest BCUT2D eigenvalue weighted by Gasteiger charge is 2.13. The molecule has 2 nitrogen and oxygen atoms in total. The molecule has 0 fully saturated rings. The first kappa shape index (κ1) is 13.6. The summed E-state index contributed by atoms with van der Waals surface area (Å²) in [5, 5.41) is 0. The van der Waals surface area contributed by atoms with E-state index in [9.17, 15) is 13.2 Å². The number of nitrogens with one attached hydrogen (secondary N) is 1. The van der Waals surface area contributed by atoms with Crippen LogP contribution in [0.1, 0.15) is 0 Å². The molecule has 102 valence electrons. The Balaban J connectivity index is 2.39. The molecule has 1 N–H and O–H groups in total. The molecule has 1 heterocycles. The predicted octanol–water partition coefficient (Wildman–Crippen LogP) is 4.71. The van der Waals surface area contributed by atoms with Gasteiger partial charge in [0.05, 0.1) is 20.3 Å². The van der Waals surface area contributed by atoms with Gasteiger partial charge in [0.1, 0.15) is 17.5 Å². The third-order valence-electron chi connectivity index (χ3n) is 2.87. The van der Waals surface area contributed by atoms with E-state index >= 15 is 0 Å². The highest BCUT2D eigenvalue weighted by molar-refractivity contribution is 14.1. The van der Waals surface area contributed by atoms with Gasteiger partial charge in [0.25, 0.3) is 0 Å². The molecule has 0 amide bonds. The first-order chi connectivity index (χ1) is 9.47. The van der Waals surface area contributed by atoms with E-state index < -0.39 is 17.5 Å². The smallest absolute Gasteiger partial charge is 0.182 e. The van der Waals surface area contributed by atoms with Crippen molar-refractivity contribution < 1.29 is 13.2 Å². The second kappa shape index (κ2) is 4.88. The van der Waals surface area contributed by atoms with E-state index in [1.807, 2.05) is 22.6 Å².